The van der Waals surface area contributed by atoms with E-state index in [-0.39, 0.29) is 6.04 Å². The summed E-state index contributed by atoms with van der Waals surface area (Å²) in [6, 6.07) is 3.91. The molecule has 8 nitrogen and oxygen atoms in total. The van der Waals surface area contributed by atoms with Gasteiger partial charge in [-0.05, 0) is 31.4 Å². The number of aryl methyl sites for hydroxylation is 1. The lowest BCUT2D eigenvalue weighted by atomic mass is 9.99. The zero-order valence-corrected chi connectivity index (χ0v) is 16.6. The second kappa shape index (κ2) is 7.50. The molecule has 3 rings (SSSR count). The first kappa shape index (κ1) is 19.1. The zero-order chi connectivity index (χ0) is 18.9. The van der Waals surface area contributed by atoms with Crippen LogP contribution >= 0.6 is 0 Å². The van der Waals surface area contributed by atoms with Crippen molar-refractivity contribution < 1.29 is 12.8 Å². The van der Waals surface area contributed by atoms with Crippen LogP contribution in [-0.4, -0.2) is 53.5 Å². The summed E-state index contributed by atoms with van der Waals surface area (Å²) in [6.07, 6.45) is 3.23. The molecule has 0 bridgehead atoms. The summed E-state index contributed by atoms with van der Waals surface area (Å²) in [4.78, 5) is 2.18. The van der Waals surface area contributed by atoms with Gasteiger partial charge in [0.1, 0.15) is 5.69 Å². The molecule has 2 atom stereocenters. The maximum absolute atomic E-state index is 11.6. The number of nitrogens with one attached hydrogen (secondary N) is 1. The molecule has 1 fully saturated rings. The number of aromatic nitrogens is 3. The molecule has 0 amide bonds. The number of hydrogen-bond donors (Lipinski definition) is 1. The SMILES string of the molecule is CCCC1CN(Cc2nnc(-c3ccc(C)n3C)o2)CC1NS(C)(=O)=O. The van der Waals surface area contributed by atoms with Gasteiger partial charge in [0.15, 0.2) is 0 Å². The molecule has 9 heteroatoms. The van der Waals surface area contributed by atoms with Crippen LogP contribution in [0, 0.1) is 12.8 Å². The zero-order valence-electron chi connectivity index (χ0n) is 15.8. The van der Waals surface area contributed by atoms with Crippen molar-refractivity contribution in [2.45, 2.75) is 39.3 Å². The van der Waals surface area contributed by atoms with Gasteiger partial charge in [-0.2, -0.15) is 0 Å². The minimum Gasteiger partial charge on any atom is -0.418 e. The van der Waals surface area contributed by atoms with Gasteiger partial charge in [-0.15, -0.1) is 10.2 Å². The molecular formula is C17H27N5O3S. The molecule has 1 N–H and O–H groups in total. The third-order valence-corrected chi connectivity index (χ3v) is 5.69. The molecule has 2 aromatic rings. The van der Waals surface area contributed by atoms with E-state index in [0.717, 1.165) is 30.8 Å². The average molecular weight is 382 g/mol. The number of rotatable bonds is 7. The van der Waals surface area contributed by atoms with Gasteiger partial charge >= 0.3 is 0 Å². The van der Waals surface area contributed by atoms with Crippen molar-refractivity contribution in [3.05, 3.63) is 23.7 Å². The third-order valence-electron chi connectivity index (χ3n) is 4.96. The summed E-state index contributed by atoms with van der Waals surface area (Å²) in [5.41, 5.74) is 2.01. The molecule has 0 spiro atoms. The van der Waals surface area contributed by atoms with E-state index >= 15 is 0 Å². The number of sulfonamides is 1. The lowest BCUT2D eigenvalue weighted by Gasteiger charge is -2.17. The van der Waals surface area contributed by atoms with E-state index in [2.05, 4.69) is 26.7 Å². The Hall–Kier alpha value is -1.71. The molecule has 1 aliphatic heterocycles. The highest BCUT2D eigenvalue weighted by Gasteiger charge is 2.34. The quantitative estimate of drug-likeness (QED) is 0.782. The fraction of sp³-hybridized carbons (Fsp3) is 0.647. The van der Waals surface area contributed by atoms with Crippen LogP contribution in [0.2, 0.25) is 0 Å². The highest BCUT2D eigenvalue weighted by Crippen LogP contribution is 2.25. The Labute approximate surface area is 154 Å². The molecule has 0 radical (unpaired) electrons. The molecule has 2 aromatic heterocycles. The first-order valence-electron chi connectivity index (χ1n) is 8.91. The fourth-order valence-electron chi connectivity index (χ4n) is 3.60. The van der Waals surface area contributed by atoms with E-state index in [9.17, 15) is 8.42 Å². The number of hydrogen-bond acceptors (Lipinski definition) is 6. The summed E-state index contributed by atoms with van der Waals surface area (Å²) in [5.74, 6) is 1.35. The Morgan fingerprint density at radius 2 is 2.08 bits per heavy atom. The maximum atomic E-state index is 11.6. The summed E-state index contributed by atoms with van der Waals surface area (Å²) in [5, 5.41) is 8.33. The minimum atomic E-state index is -3.22. The smallest absolute Gasteiger partial charge is 0.264 e. The van der Waals surface area contributed by atoms with E-state index in [1.54, 1.807) is 0 Å². The van der Waals surface area contributed by atoms with Crippen LogP contribution in [0.5, 0.6) is 0 Å². The first-order valence-corrected chi connectivity index (χ1v) is 10.8. The Balaban J connectivity index is 1.68. The van der Waals surface area contributed by atoms with Gasteiger partial charge in [0, 0.05) is 31.9 Å². The molecule has 1 saturated heterocycles. The first-order chi connectivity index (χ1) is 12.3. The maximum Gasteiger partial charge on any atom is 0.264 e. The fourth-order valence-corrected chi connectivity index (χ4v) is 4.42. The average Bonchev–Trinajstić information content (AvgIpc) is 3.21. The highest BCUT2D eigenvalue weighted by molar-refractivity contribution is 7.88. The van der Waals surface area contributed by atoms with Gasteiger partial charge in [-0.1, -0.05) is 13.3 Å². The lowest BCUT2D eigenvalue weighted by Crippen LogP contribution is -2.39. The van der Waals surface area contributed by atoms with Gasteiger partial charge in [-0.25, -0.2) is 13.1 Å². The molecule has 0 saturated carbocycles. The highest BCUT2D eigenvalue weighted by atomic mass is 32.2. The molecule has 3 heterocycles. The van der Waals surface area contributed by atoms with E-state index in [1.807, 2.05) is 30.7 Å². The van der Waals surface area contributed by atoms with Crippen LogP contribution in [0.4, 0.5) is 0 Å². The van der Waals surface area contributed by atoms with Gasteiger partial charge in [0.05, 0.1) is 12.8 Å². The van der Waals surface area contributed by atoms with Crippen molar-refractivity contribution in [3.8, 4) is 11.6 Å². The largest absolute Gasteiger partial charge is 0.418 e. The summed E-state index contributed by atoms with van der Waals surface area (Å²) in [7, 11) is -1.26. The second-order valence-corrected chi connectivity index (χ2v) is 8.94. The predicted molar refractivity (Wildman–Crippen MR) is 98.9 cm³/mol. The van der Waals surface area contributed by atoms with Crippen molar-refractivity contribution in [1.82, 2.24) is 24.4 Å². The molecule has 1 aliphatic rings. The second-order valence-electron chi connectivity index (χ2n) is 7.16. The van der Waals surface area contributed by atoms with Crippen LogP contribution in [0.25, 0.3) is 11.6 Å². The Bertz CT molecular complexity index is 858. The van der Waals surface area contributed by atoms with E-state index in [1.165, 1.54) is 6.26 Å². The standard InChI is InChI=1S/C17H27N5O3S/c1-5-6-13-9-22(10-14(13)20-26(4,23)24)11-16-18-19-17(25-16)15-8-7-12(2)21(15)3/h7-8,13-14,20H,5-6,9-11H2,1-4H3. The minimum absolute atomic E-state index is 0.0668. The van der Waals surface area contributed by atoms with Crippen molar-refractivity contribution >= 4 is 10.0 Å². The molecule has 2 unspecified atom stereocenters. The lowest BCUT2D eigenvalue weighted by molar-refractivity contribution is 0.278. The molecule has 0 aromatic carbocycles. The third kappa shape index (κ3) is 4.33. The Morgan fingerprint density at radius 3 is 2.69 bits per heavy atom. The molecule has 26 heavy (non-hydrogen) atoms. The van der Waals surface area contributed by atoms with E-state index in [4.69, 9.17) is 4.42 Å². The van der Waals surface area contributed by atoms with E-state index in [0.29, 0.717) is 30.8 Å². The van der Waals surface area contributed by atoms with Gasteiger partial charge < -0.3 is 8.98 Å². The van der Waals surface area contributed by atoms with Crippen LogP contribution in [0.15, 0.2) is 16.5 Å². The van der Waals surface area contributed by atoms with Crippen molar-refractivity contribution in [2.75, 3.05) is 19.3 Å². The summed E-state index contributed by atoms with van der Waals surface area (Å²) >= 11 is 0. The van der Waals surface area contributed by atoms with Crippen LogP contribution in [-0.2, 0) is 23.6 Å². The van der Waals surface area contributed by atoms with Crippen LogP contribution in [0.3, 0.4) is 0 Å². The predicted octanol–water partition coefficient (Wildman–Crippen LogP) is 1.53. The van der Waals surface area contributed by atoms with E-state index < -0.39 is 10.0 Å². The van der Waals surface area contributed by atoms with Gasteiger partial charge in [-0.3, -0.25) is 4.90 Å². The summed E-state index contributed by atoms with van der Waals surface area (Å²) in [6.45, 7) is 6.14. The normalized spacial score (nSPS) is 21.5. The topological polar surface area (TPSA) is 93.3 Å². The number of nitrogens with zero attached hydrogens (tertiary/aromatic N) is 4. The molecule has 0 aliphatic carbocycles. The van der Waals surface area contributed by atoms with Crippen LogP contribution < -0.4 is 4.72 Å². The Kier molecular flexibility index (Phi) is 5.50. The van der Waals surface area contributed by atoms with Crippen LogP contribution in [0.1, 0.15) is 31.4 Å². The van der Waals surface area contributed by atoms with Gasteiger partial charge in [0.25, 0.3) is 5.89 Å². The van der Waals surface area contributed by atoms with Crippen molar-refractivity contribution in [2.24, 2.45) is 13.0 Å². The molecular weight excluding hydrogens is 354 g/mol. The van der Waals surface area contributed by atoms with Gasteiger partial charge in [0.2, 0.25) is 15.9 Å². The van der Waals surface area contributed by atoms with Crippen molar-refractivity contribution in [1.29, 1.82) is 0 Å². The van der Waals surface area contributed by atoms with Crippen molar-refractivity contribution in [3.63, 3.8) is 0 Å². The molecule has 144 valence electrons. The summed E-state index contributed by atoms with van der Waals surface area (Å²) < 4.78 is 33.9. The Morgan fingerprint density at radius 1 is 1.31 bits per heavy atom. The number of likely N-dealkylation sites (tertiary alicyclic amines) is 1. The monoisotopic (exact) mass is 381 g/mol.